The van der Waals surface area contributed by atoms with E-state index in [1.165, 1.54) is 0 Å². The van der Waals surface area contributed by atoms with Gasteiger partial charge in [0.2, 0.25) is 0 Å². The molecule has 0 amide bonds. The summed E-state index contributed by atoms with van der Waals surface area (Å²) in [7, 11) is 0. The average Bonchev–Trinajstić information content (AvgIpc) is 2.65. The van der Waals surface area contributed by atoms with Crippen LogP contribution in [0.2, 0.25) is 0 Å². The molecule has 0 radical (unpaired) electrons. The Bertz CT molecular complexity index is 801. The second-order valence-corrected chi connectivity index (χ2v) is 8.20. The van der Waals surface area contributed by atoms with Crippen molar-refractivity contribution in [1.82, 2.24) is 0 Å². The van der Waals surface area contributed by atoms with Crippen LogP contribution in [0.3, 0.4) is 0 Å². The highest BCUT2D eigenvalue weighted by Gasteiger charge is 2.31. The summed E-state index contributed by atoms with van der Waals surface area (Å²) in [6, 6.07) is 13.2. The summed E-state index contributed by atoms with van der Waals surface area (Å²) in [5.41, 5.74) is 0.0459. The van der Waals surface area contributed by atoms with Crippen LogP contribution in [0, 0.1) is 6.92 Å². The molecule has 1 atom stereocenters. The molecule has 29 heavy (non-hydrogen) atoms. The van der Waals surface area contributed by atoms with Gasteiger partial charge in [-0.3, -0.25) is 0 Å². The molecule has 0 fully saturated rings. The summed E-state index contributed by atoms with van der Waals surface area (Å²) in [5.74, 6) is 1.80. The lowest BCUT2D eigenvalue weighted by Crippen LogP contribution is -2.39. The van der Waals surface area contributed by atoms with Gasteiger partial charge < -0.3 is 18.9 Å². The number of rotatable bonds is 10. The molecule has 0 saturated carbocycles. The minimum absolute atomic E-state index is 0.0304. The van der Waals surface area contributed by atoms with Crippen LogP contribution in [0.1, 0.15) is 39.7 Å². The molecule has 0 heterocycles. The fraction of sp³-hybridized carbons (Fsp3) is 0.435. The summed E-state index contributed by atoms with van der Waals surface area (Å²) >= 11 is 3.46. The van der Waals surface area contributed by atoms with Gasteiger partial charge in [-0.15, -0.1) is 0 Å². The number of aryl methyl sites for hydroxylation is 1. The number of esters is 1. The number of carbonyl (C=O) groups excluding carboxylic acids is 1. The summed E-state index contributed by atoms with van der Waals surface area (Å²) < 4.78 is 23.6. The predicted molar refractivity (Wildman–Crippen MR) is 117 cm³/mol. The zero-order chi connectivity index (χ0) is 21.4. The summed E-state index contributed by atoms with van der Waals surface area (Å²) in [6.07, 6.45) is 0.784. The lowest BCUT2D eigenvalue weighted by atomic mass is 10.1. The molecule has 0 aliphatic carbocycles. The summed E-state index contributed by atoms with van der Waals surface area (Å²) in [5, 5.41) is 0. The van der Waals surface area contributed by atoms with Gasteiger partial charge in [-0.25, -0.2) is 4.79 Å². The number of ether oxygens (including phenoxy) is 4. The highest BCUT2D eigenvalue weighted by molar-refractivity contribution is 9.10. The smallest absolute Gasteiger partial charge is 0.349 e. The molecule has 0 spiro atoms. The Hall–Kier alpha value is -2.21. The Morgan fingerprint density at radius 1 is 1.10 bits per heavy atom. The van der Waals surface area contributed by atoms with Gasteiger partial charge in [0.15, 0.2) is 5.60 Å². The maximum Gasteiger partial charge on any atom is 0.349 e. The van der Waals surface area contributed by atoms with Crippen LogP contribution in [-0.4, -0.2) is 30.9 Å². The zero-order valence-electron chi connectivity index (χ0n) is 17.7. The zero-order valence-corrected chi connectivity index (χ0v) is 19.2. The van der Waals surface area contributed by atoms with Gasteiger partial charge in [-0.05, 0) is 82.6 Å². The molecule has 158 valence electrons. The topological polar surface area (TPSA) is 54.0 Å². The molecule has 0 bridgehead atoms. The van der Waals surface area contributed by atoms with Crippen molar-refractivity contribution >= 4 is 21.9 Å². The van der Waals surface area contributed by atoms with Gasteiger partial charge in [0, 0.05) is 10.9 Å². The second kappa shape index (κ2) is 10.5. The van der Waals surface area contributed by atoms with E-state index in [9.17, 15) is 4.79 Å². The fourth-order valence-corrected chi connectivity index (χ4v) is 3.08. The third kappa shape index (κ3) is 7.28. The van der Waals surface area contributed by atoms with Crippen LogP contribution in [0.4, 0.5) is 0 Å². The van der Waals surface area contributed by atoms with Crippen LogP contribution in [0.5, 0.6) is 17.2 Å². The van der Waals surface area contributed by atoms with E-state index in [-0.39, 0.29) is 6.10 Å². The van der Waals surface area contributed by atoms with Crippen LogP contribution in [0.25, 0.3) is 0 Å². The van der Waals surface area contributed by atoms with Gasteiger partial charge in [-0.1, -0.05) is 15.9 Å². The molecule has 6 heteroatoms. The molecular weight excluding hydrogens is 436 g/mol. The van der Waals surface area contributed by atoms with Crippen molar-refractivity contribution < 1.29 is 23.7 Å². The second-order valence-electron chi connectivity index (χ2n) is 7.28. The predicted octanol–water partition coefficient (Wildman–Crippen LogP) is 5.71. The summed E-state index contributed by atoms with van der Waals surface area (Å²) in [4.78, 5) is 11.9. The monoisotopic (exact) mass is 464 g/mol. The number of hydrogen-bond acceptors (Lipinski definition) is 5. The Morgan fingerprint density at radius 3 is 2.38 bits per heavy atom. The van der Waals surface area contributed by atoms with Crippen molar-refractivity contribution in [3.63, 3.8) is 0 Å². The van der Waals surface area contributed by atoms with Crippen LogP contribution in [-0.2, 0) is 9.53 Å². The normalized spacial score (nSPS) is 12.2. The van der Waals surface area contributed by atoms with Crippen molar-refractivity contribution in [3.8, 4) is 17.2 Å². The van der Waals surface area contributed by atoms with Gasteiger partial charge in [0.25, 0.3) is 0 Å². The molecule has 1 unspecified atom stereocenters. The van der Waals surface area contributed by atoms with Gasteiger partial charge in [0.05, 0.1) is 19.3 Å². The Kier molecular flexibility index (Phi) is 8.38. The molecule has 0 N–H and O–H groups in total. The molecule has 0 aliphatic rings. The lowest BCUT2D eigenvalue weighted by molar-refractivity contribution is -0.158. The molecule has 2 rings (SSSR count). The third-order valence-electron chi connectivity index (χ3n) is 4.22. The molecule has 2 aromatic rings. The minimum Gasteiger partial charge on any atom is -0.493 e. The molecule has 2 aromatic carbocycles. The van der Waals surface area contributed by atoms with Gasteiger partial charge in [-0.2, -0.15) is 0 Å². The Balaban J connectivity index is 1.80. The SMILES string of the molecule is CCOC(=O)C(C)(C)Oc1ccc(OCCC(C)Oc2ccc(Br)cc2C)cc1. The number of halogens is 1. The quantitative estimate of drug-likeness (QED) is 0.421. The lowest BCUT2D eigenvalue weighted by Gasteiger charge is -2.24. The van der Waals surface area contributed by atoms with Crippen molar-refractivity contribution in [2.24, 2.45) is 0 Å². The largest absolute Gasteiger partial charge is 0.493 e. The van der Waals surface area contributed by atoms with Crippen molar-refractivity contribution in [3.05, 3.63) is 52.5 Å². The summed E-state index contributed by atoms with van der Waals surface area (Å²) in [6.45, 7) is 10.0. The number of benzene rings is 2. The van der Waals surface area contributed by atoms with E-state index >= 15 is 0 Å². The van der Waals surface area contributed by atoms with Crippen molar-refractivity contribution in [1.29, 1.82) is 0 Å². The Morgan fingerprint density at radius 2 is 1.76 bits per heavy atom. The van der Waals surface area contributed by atoms with E-state index in [4.69, 9.17) is 18.9 Å². The highest BCUT2D eigenvalue weighted by atomic mass is 79.9. The first-order valence-electron chi connectivity index (χ1n) is 9.73. The van der Waals surface area contributed by atoms with E-state index < -0.39 is 11.6 Å². The minimum atomic E-state index is -1.05. The first-order chi connectivity index (χ1) is 13.7. The molecule has 0 aromatic heterocycles. The number of carbonyl (C=O) groups is 1. The highest BCUT2D eigenvalue weighted by Crippen LogP contribution is 2.25. The first-order valence-corrected chi connectivity index (χ1v) is 10.5. The van der Waals surface area contributed by atoms with E-state index in [0.29, 0.717) is 19.0 Å². The van der Waals surface area contributed by atoms with Crippen molar-refractivity contribution in [2.75, 3.05) is 13.2 Å². The van der Waals surface area contributed by atoms with E-state index in [2.05, 4.69) is 15.9 Å². The van der Waals surface area contributed by atoms with Gasteiger partial charge in [0.1, 0.15) is 17.2 Å². The van der Waals surface area contributed by atoms with E-state index in [1.54, 1.807) is 32.9 Å². The standard InChI is InChI=1S/C23H29BrO5/c1-6-26-22(25)23(4,5)29-20-10-8-19(9-11-20)27-14-13-17(3)28-21-12-7-18(24)15-16(21)2/h7-12,15,17H,6,13-14H2,1-5H3. The average molecular weight is 465 g/mol. The molecule has 5 nitrogen and oxygen atoms in total. The maximum atomic E-state index is 11.9. The van der Waals surface area contributed by atoms with Gasteiger partial charge >= 0.3 is 5.97 Å². The molecular formula is C23H29BrO5. The maximum absolute atomic E-state index is 11.9. The first kappa shape index (κ1) is 23.1. The molecule has 0 aliphatic heterocycles. The van der Waals surface area contributed by atoms with Crippen LogP contribution < -0.4 is 14.2 Å². The number of hydrogen-bond donors (Lipinski definition) is 0. The Labute approximate surface area is 181 Å². The van der Waals surface area contributed by atoms with Crippen LogP contribution in [0.15, 0.2) is 46.9 Å². The third-order valence-corrected chi connectivity index (χ3v) is 4.72. The van der Waals surface area contributed by atoms with E-state index in [1.807, 2.05) is 44.2 Å². The molecule has 0 saturated heterocycles. The fourth-order valence-electron chi connectivity index (χ4n) is 2.61. The van der Waals surface area contributed by atoms with Crippen LogP contribution >= 0.6 is 15.9 Å². The van der Waals surface area contributed by atoms with E-state index in [0.717, 1.165) is 28.0 Å². The van der Waals surface area contributed by atoms with Crippen molar-refractivity contribution in [2.45, 2.75) is 52.7 Å².